The first kappa shape index (κ1) is 17.2. The first-order chi connectivity index (χ1) is 10.7. The van der Waals surface area contributed by atoms with Crippen LogP contribution in [0.3, 0.4) is 0 Å². The second kappa shape index (κ2) is 9.12. The number of carbonyl (C=O) groups is 1. The van der Waals surface area contributed by atoms with Crippen LogP contribution in [-0.2, 0) is 0 Å². The Kier molecular flexibility index (Phi) is 7.15. The fourth-order valence-electron chi connectivity index (χ4n) is 2.84. The lowest BCUT2D eigenvalue weighted by Crippen LogP contribution is -2.43. The average molecular weight is 325 g/mol. The number of hydrogen-bond donors (Lipinski definition) is 3. The highest BCUT2D eigenvalue weighted by Crippen LogP contribution is 2.27. The Bertz CT molecular complexity index is 433. The van der Waals surface area contributed by atoms with Crippen molar-refractivity contribution in [3.8, 4) is 0 Å². The highest BCUT2D eigenvalue weighted by atomic mass is 32.1. The lowest BCUT2D eigenvalue weighted by atomic mass is 10.2. The molecule has 1 fully saturated rings. The number of hydrogen-bond acceptors (Lipinski definition) is 4. The molecule has 0 spiro atoms. The molecule has 1 aromatic heterocycles. The van der Waals surface area contributed by atoms with Gasteiger partial charge in [0.15, 0.2) is 0 Å². The van der Waals surface area contributed by atoms with E-state index in [4.69, 9.17) is 0 Å². The molecule has 0 radical (unpaired) electrons. The molecule has 3 N–H and O–H groups in total. The van der Waals surface area contributed by atoms with Gasteiger partial charge in [0, 0.05) is 18.0 Å². The standard InChI is InChI=1S/C16H27N3O2S/c1-2-6-13(20)11-17-16(21)18-12-14(15-7-5-10-22-15)19-8-3-4-9-19/h5,7,10,13-14,20H,2-4,6,8-9,11-12H2,1H3,(H2,17,18,21). The minimum absolute atomic E-state index is 0.198. The van der Waals surface area contributed by atoms with E-state index in [9.17, 15) is 9.90 Å². The quantitative estimate of drug-likeness (QED) is 0.687. The van der Waals surface area contributed by atoms with Crippen molar-refractivity contribution in [1.82, 2.24) is 15.5 Å². The molecule has 1 aromatic rings. The summed E-state index contributed by atoms with van der Waals surface area (Å²) in [4.78, 5) is 15.6. The molecule has 0 aromatic carbocycles. The highest BCUT2D eigenvalue weighted by molar-refractivity contribution is 7.10. The molecular weight excluding hydrogens is 298 g/mol. The molecular formula is C16H27N3O2S. The van der Waals surface area contributed by atoms with E-state index in [1.165, 1.54) is 17.7 Å². The topological polar surface area (TPSA) is 64.6 Å². The predicted octanol–water partition coefficient (Wildman–Crippen LogP) is 2.35. The summed E-state index contributed by atoms with van der Waals surface area (Å²) in [6, 6.07) is 4.26. The van der Waals surface area contributed by atoms with Gasteiger partial charge in [0.2, 0.25) is 0 Å². The summed E-state index contributed by atoms with van der Waals surface area (Å²) in [5, 5.41) is 17.4. The smallest absolute Gasteiger partial charge is 0.314 e. The molecule has 2 heterocycles. The minimum Gasteiger partial charge on any atom is -0.391 e. The van der Waals surface area contributed by atoms with E-state index in [0.29, 0.717) is 19.5 Å². The van der Waals surface area contributed by atoms with Crippen LogP contribution >= 0.6 is 11.3 Å². The maximum atomic E-state index is 11.9. The normalized spacial score (nSPS) is 18.1. The number of thiophene rings is 1. The molecule has 5 nitrogen and oxygen atoms in total. The Morgan fingerprint density at radius 2 is 2.09 bits per heavy atom. The van der Waals surface area contributed by atoms with Gasteiger partial charge in [-0.15, -0.1) is 11.3 Å². The Labute approximate surface area is 136 Å². The van der Waals surface area contributed by atoms with E-state index in [2.05, 4.69) is 33.0 Å². The summed E-state index contributed by atoms with van der Waals surface area (Å²) in [7, 11) is 0. The summed E-state index contributed by atoms with van der Waals surface area (Å²) < 4.78 is 0. The van der Waals surface area contributed by atoms with Crippen molar-refractivity contribution in [2.24, 2.45) is 0 Å². The molecule has 124 valence electrons. The second-order valence-electron chi connectivity index (χ2n) is 5.81. The van der Waals surface area contributed by atoms with E-state index in [1.807, 2.05) is 6.92 Å². The Morgan fingerprint density at radius 1 is 1.36 bits per heavy atom. The minimum atomic E-state index is -0.456. The maximum Gasteiger partial charge on any atom is 0.314 e. The van der Waals surface area contributed by atoms with Crippen LogP contribution in [0, 0.1) is 0 Å². The van der Waals surface area contributed by atoms with Crippen LogP contribution < -0.4 is 10.6 Å². The van der Waals surface area contributed by atoms with Crippen molar-refractivity contribution < 1.29 is 9.90 Å². The molecule has 1 saturated heterocycles. The lowest BCUT2D eigenvalue weighted by Gasteiger charge is -2.27. The van der Waals surface area contributed by atoms with Crippen LogP contribution in [-0.4, -0.2) is 48.3 Å². The summed E-state index contributed by atoms with van der Waals surface area (Å²) in [5.74, 6) is 0. The summed E-state index contributed by atoms with van der Waals surface area (Å²) in [5.41, 5.74) is 0. The zero-order valence-electron chi connectivity index (χ0n) is 13.3. The highest BCUT2D eigenvalue weighted by Gasteiger charge is 2.24. The summed E-state index contributed by atoms with van der Waals surface area (Å²) in [6.45, 7) is 5.14. The van der Waals surface area contributed by atoms with Crippen LogP contribution in [0.25, 0.3) is 0 Å². The SMILES string of the molecule is CCCC(O)CNC(=O)NCC(c1cccs1)N1CCCC1. The molecule has 2 amide bonds. The van der Waals surface area contributed by atoms with Gasteiger partial charge in [-0.3, -0.25) is 4.90 Å². The third-order valence-electron chi connectivity index (χ3n) is 4.03. The largest absolute Gasteiger partial charge is 0.391 e. The second-order valence-corrected chi connectivity index (χ2v) is 6.79. The van der Waals surface area contributed by atoms with Crippen LogP contribution in [0.1, 0.15) is 43.5 Å². The number of nitrogens with one attached hydrogen (secondary N) is 2. The van der Waals surface area contributed by atoms with E-state index in [-0.39, 0.29) is 12.1 Å². The zero-order valence-corrected chi connectivity index (χ0v) is 14.1. The van der Waals surface area contributed by atoms with Gasteiger partial charge in [-0.25, -0.2) is 4.79 Å². The van der Waals surface area contributed by atoms with Gasteiger partial charge in [0.1, 0.15) is 0 Å². The molecule has 2 unspecified atom stereocenters. The fraction of sp³-hybridized carbons (Fsp3) is 0.688. The van der Waals surface area contributed by atoms with Crippen molar-refractivity contribution >= 4 is 17.4 Å². The fourth-order valence-corrected chi connectivity index (χ4v) is 3.70. The molecule has 2 rings (SSSR count). The van der Waals surface area contributed by atoms with Crippen LogP contribution in [0.4, 0.5) is 4.79 Å². The summed E-state index contributed by atoms with van der Waals surface area (Å²) >= 11 is 1.74. The number of rotatable bonds is 8. The van der Waals surface area contributed by atoms with Gasteiger partial charge >= 0.3 is 6.03 Å². The summed E-state index contributed by atoms with van der Waals surface area (Å²) in [6.07, 6.45) is 3.64. The molecule has 6 heteroatoms. The van der Waals surface area contributed by atoms with E-state index in [1.54, 1.807) is 11.3 Å². The number of aliphatic hydroxyl groups is 1. The van der Waals surface area contributed by atoms with E-state index < -0.39 is 6.10 Å². The Balaban J connectivity index is 1.79. The third-order valence-corrected chi connectivity index (χ3v) is 5.00. The van der Waals surface area contributed by atoms with E-state index in [0.717, 1.165) is 19.5 Å². The molecule has 0 aliphatic carbocycles. The van der Waals surface area contributed by atoms with Crippen LogP contribution in [0.2, 0.25) is 0 Å². The van der Waals surface area contributed by atoms with Gasteiger partial charge in [-0.05, 0) is 43.8 Å². The van der Waals surface area contributed by atoms with Gasteiger partial charge in [0.05, 0.1) is 12.1 Å². The maximum absolute atomic E-state index is 11.9. The Morgan fingerprint density at radius 3 is 2.73 bits per heavy atom. The van der Waals surface area contributed by atoms with Gasteiger partial charge < -0.3 is 15.7 Å². The van der Waals surface area contributed by atoms with Crippen molar-refractivity contribution in [3.63, 3.8) is 0 Å². The number of amides is 2. The average Bonchev–Trinajstić information content (AvgIpc) is 3.19. The Hall–Kier alpha value is -1.11. The monoisotopic (exact) mass is 325 g/mol. The molecule has 2 atom stereocenters. The van der Waals surface area contributed by atoms with Crippen molar-refractivity contribution in [1.29, 1.82) is 0 Å². The molecule has 1 aliphatic heterocycles. The van der Waals surface area contributed by atoms with Crippen LogP contribution in [0.15, 0.2) is 17.5 Å². The number of urea groups is 1. The number of likely N-dealkylation sites (tertiary alicyclic amines) is 1. The van der Waals surface area contributed by atoms with Crippen LogP contribution in [0.5, 0.6) is 0 Å². The first-order valence-corrected chi connectivity index (χ1v) is 9.06. The zero-order chi connectivity index (χ0) is 15.8. The van der Waals surface area contributed by atoms with Gasteiger partial charge in [-0.2, -0.15) is 0 Å². The van der Waals surface area contributed by atoms with E-state index >= 15 is 0 Å². The van der Waals surface area contributed by atoms with Gasteiger partial charge in [-0.1, -0.05) is 19.4 Å². The lowest BCUT2D eigenvalue weighted by molar-refractivity contribution is 0.159. The first-order valence-electron chi connectivity index (χ1n) is 8.18. The molecule has 0 bridgehead atoms. The molecule has 1 aliphatic rings. The predicted molar refractivity (Wildman–Crippen MR) is 90.2 cm³/mol. The van der Waals surface area contributed by atoms with Crippen molar-refractivity contribution in [2.75, 3.05) is 26.2 Å². The third kappa shape index (κ3) is 5.26. The number of carbonyl (C=O) groups excluding carboxylic acids is 1. The molecule has 0 saturated carbocycles. The van der Waals surface area contributed by atoms with Crippen molar-refractivity contribution in [2.45, 2.75) is 44.8 Å². The van der Waals surface area contributed by atoms with Crippen molar-refractivity contribution in [3.05, 3.63) is 22.4 Å². The molecule has 22 heavy (non-hydrogen) atoms. The number of nitrogens with zero attached hydrogens (tertiary/aromatic N) is 1. The number of aliphatic hydroxyl groups excluding tert-OH is 1. The van der Waals surface area contributed by atoms with Gasteiger partial charge in [0.25, 0.3) is 0 Å².